The molecule has 3 aromatic rings. The van der Waals surface area contributed by atoms with E-state index < -0.39 is 0 Å². The molecule has 2 heterocycles. The van der Waals surface area contributed by atoms with E-state index in [0.717, 1.165) is 37.5 Å². The predicted octanol–water partition coefficient (Wildman–Crippen LogP) is 2.96. The molecule has 2 aromatic carbocycles. The normalized spacial score (nSPS) is 16.4. The van der Waals surface area contributed by atoms with Gasteiger partial charge in [0, 0.05) is 24.6 Å². The Morgan fingerprint density at radius 2 is 1.92 bits per heavy atom. The zero-order valence-electron chi connectivity index (χ0n) is 14.1. The van der Waals surface area contributed by atoms with Crippen LogP contribution in [0.3, 0.4) is 0 Å². The molecule has 1 N–H and O–H groups in total. The molecule has 0 amide bonds. The highest BCUT2D eigenvalue weighted by Crippen LogP contribution is 2.20. The van der Waals surface area contributed by atoms with Crippen LogP contribution in [0.4, 0.5) is 0 Å². The van der Waals surface area contributed by atoms with Crippen LogP contribution in [0.15, 0.2) is 60.9 Å². The Bertz CT molecular complexity index is 815. The summed E-state index contributed by atoms with van der Waals surface area (Å²) in [6.45, 7) is 2.26. The van der Waals surface area contributed by atoms with Crippen molar-refractivity contribution in [3.8, 4) is 5.75 Å². The number of nitrogens with zero attached hydrogens (tertiary/aromatic N) is 3. The van der Waals surface area contributed by atoms with Crippen molar-refractivity contribution in [2.75, 3.05) is 0 Å². The third-order valence-electron chi connectivity index (χ3n) is 4.60. The molecule has 1 atom stereocenters. The second kappa shape index (κ2) is 7.49. The molecule has 0 aliphatic carbocycles. The first kappa shape index (κ1) is 15.8. The van der Waals surface area contributed by atoms with Gasteiger partial charge in [0.15, 0.2) is 0 Å². The smallest absolute Gasteiger partial charge is 0.138 e. The summed E-state index contributed by atoms with van der Waals surface area (Å²) in [7, 11) is 0. The molecule has 1 unspecified atom stereocenters. The molecule has 0 bridgehead atoms. The molecular weight excluding hydrogens is 312 g/mol. The number of aryl methyl sites for hydroxylation is 1. The first-order valence-corrected chi connectivity index (χ1v) is 8.73. The van der Waals surface area contributed by atoms with Crippen LogP contribution in [-0.4, -0.2) is 20.8 Å². The van der Waals surface area contributed by atoms with Gasteiger partial charge in [-0.2, -0.15) is 5.10 Å². The van der Waals surface area contributed by atoms with Gasteiger partial charge >= 0.3 is 0 Å². The van der Waals surface area contributed by atoms with Crippen LogP contribution in [0.2, 0.25) is 0 Å². The van der Waals surface area contributed by atoms with Gasteiger partial charge < -0.3 is 10.1 Å². The Kier molecular flexibility index (Phi) is 4.74. The monoisotopic (exact) mass is 334 g/mol. The topological polar surface area (TPSA) is 52.0 Å². The minimum Gasteiger partial charge on any atom is -0.489 e. The molecule has 0 spiro atoms. The molecule has 5 nitrogen and oxygen atoms in total. The number of rotatable bonds is 6. The van der Waals surface area contributed by atoms with E-state index in [2.05, 4.69) is 39.7 Å². The average Bonchev–Trinajstić information content (AvgIpc) is 3.14. The number of fused-ring (bicyclic) bond motifs is 1. The lowest BCUT2D eigenvalue weighted by Crippen LogP contribution is -2.37. The van der Waals surface area contributed by atoms with E-state index in [9.17, 15) is 0 Å². The summed E-state index contributed by atoms with van der Waals surface area (Å²) < 4.78 is 8.04. The van der Waals surface area contributed by atoms with Crippen molar-refractivity contribution < 1.29 is 4.74 Å². The van der Waals surface area contributed by atoms with Crippen molar-refractivity contribution >= 4 is 0 Å². The Balaban J connectivity index is 1.36. The van der Waals surface area contributed by atoms with E-state index >= 15 is 0 Å². The molecule has 1 aliphatic heterocycles. The largest absolute Gasteiger partial charge is 0.489 e. The average molecular weight is 334 g/mol. The van der Waals surface area contributed by atoms with Gasteiger partial charge in [0.25, 0.3) is 0 Å². The van der Waals surface area contributed by atoms with Crippen molar-refractivity contribution in [3.63, 3.8) is 0 Å². The highest BCUT2D eigenvalue weighted by molar-refractivity contribution is 5.33. The van der Waals surface area contributed by atoms with Gasteiger partial charge in [-0.05, 0) is 18.1 Å². The second-order valence-electron chi connectivity index (χ2n) is 6.36. The summed E-state index contributed by atoms with van der Waals surface area (Å²) >= 11 is 0. The molecular formula is C20H22N4O. The first-order valence-electron chi connectivity index (χ1n) is 8.73. The lowest BCUT2D eigenvalue weighted by atomic mass is 10.1. The summed E-state index contributed by atoms with van der Waals surface area (Å²) in [5.74, 6) is 2.03. The summed E-state index contributed by atoms with van der Waals surface area (Å²) in [5, 5.41) is 7.92. The van der Waals surface area contributed by atoms with E-state index in [1.807, 2.05) is 35.0 Å². The van der Waals surface area contributed by atoms with Crippen LogP contribution in [0.1, 0.15) is 23.4 Å². The van der Waals surface area contributed by atoms with Gasteiger partial charge in [-0.25, -0.2) is 9.67 Å². The lowest BCUT2D eigenvalue weighted by molar-refractivity contribution is 0.299. The fraction of sp³-hybridized carbons (Fsp3) is 0.300. The van der Waals surface area contributed by atoms with E-state index in [-0.39, 0.29) is 0 Å². The van der Waals surface area contributed by atoms with Crippen LogP contribution in [-0.2, 0) is 26.1 Å². The molecule has 128 valence electrons. The third-order valence-corrected chi connectivity index (χ3v) is 4.60. The Hall–Kier alpha value is -2.66. The van der Waals surface area contributed by atoms with Crippen molar-refractivity contribution in [2.24, 2.45) is 0 Å². The first-order chi connectivity index (χ1) is 12.4. The molecule has 1 aliphatic rings. The molecule has 0 radical (unpaired) electrons. The van der Waals surface area contributed by atoms with Crippen LogP contribution in [0.25, 0.3) is 0 Å². The maximum absolute atomic E-state index is 6.04. The number of hydrogen-bond donors (Lipinski definition) is 1. The molecule has 0 saturated carbocycles. The van der Waals surface area contributed by atoms with Crippen LogP contribution in [0.5, 0.6) is 5.75 Å². The highest BCUT2D eigenvalue weighted by Gasteiger charge is 2.19. The van der Waals surface area contributed by atoms with Crippen molar-refractivity contribution in [1.29, 1.82) is 0 Å². The van der Waals surface area contributed by atoms with E-state index in [4.69, 9.17) is 4.74 Å². The van der Waals surface area contributed by atoms with Gasteiger partial charge in [0.05, 0.1) is 6.54 Å². The second-order valence-corrected chi connectivity index (χ2v) is 6.36. The van der Waals surface area contributed by atoms with E-state index in [1.165, 1.54) is 11.1 Å². The van der Waals surface area contributed by atoms with Crippen LogP contribution < -0.4 is 10.1 Å². The van der Waals surface area contributed by atoms with Gasteiger partial charge in [-0.3, -0.25) is 0 Å². The zero-order chi connectivity index (χ0) is 16.9. The number of para-hydroxylation sites is 1. The van der Waals surface area contributed by atoms with E-state index in [0.29, 0.717) is 12.6 Å². The number of aromatic nitrogens is 3. The Morgan fingerprint density at radius 3 is 2.84 bits per heavy atom. The van der Waals surface area contributed by atoms with E-state index in [1.54, 1.807) is 6.33 Å². The van der Waals surface area contributed by atoms with Crippen LogP contribution >= 0.6 is 0 Å². The quantitative estimate of drug-likeness (QED) is 0.753. The summed E-state index contributed by atoms with van der Waals surface area (Å²) in [4.78, 5) is 4.28. The number of benzene rings is 2. The standard InChI is InChI=1S/C20H22N4O/c1-2-6-16(7-3-1)14-25-19-9-5-4-8-17(19)12-21-18-10-11-20-22-15-23-24(20)13-18/h1-9,15,18,21H,10-14H2. The van der Waals surface area contributed by atoms with Crippen molar-refractivity contribution in [3.05, 3.63) is 77.9 Å². The molecule has 1 aromatic heterocycles. The van der Waals surface area contributed by atoms with Gasteiger partial charge in [0.1, 0.15) is 24.5 Å². The molecule has 0 saturated heterocycles. The zero-order valence-corrected chi connectivity index (χ0v) is 14.1. The fourth-order valence-electron chi connectivity index (χ4n) is 3.18. The van der Waals surface area contributed by atoms with Crippen molar-refractivity contribution in [1.82, 2.24) is 20.1 Å². The Labute approximate surface area is 147 Å². The molecule has 4 rings (SSSR count). The predicted molar refractivity (Wildman–Crippen MR) is 96.2 cm³/mol. The minimum atomic E-state index is 0.413. The summed E-state index contributed by atoms with van der Waals surface area (Å²) in [5.41, 5.74) is 2.36. The van der Waals surface area contributed by atoms with Gasteiger partial charge in [-0.15, -0.1) is 0 Å². The van der Waals surface area contributed by atoms with Gasteiger partial charge in [-0.1, -0.05) is 48.5 Å². The number of nitrogens with one attached hydrogen (secondary N) is 1. The highest BCUT2D eigenvalue weighted by atomic mass is 16.5. The number of hydrogen-bond acceptors (Lipinski definition) is 4. The molecule has 0 fully saturated rings. The fourth-order valence-corrected chi connectivity index (χ4v) is 3.18. The Morgan fingerprint density at radius 1 is 1.08 bits per heavy atom. The third kappa shape index (κ3) is 3.88. The van der Waals surface area contributed by atoms with Gasteiger partial charge in [0.2, 0.25) is 0 Å². The summed E-state index contributed by atoms with van der Waals surface area (Å²) in [6.07, 6.45) is 3.71. The lowest BCUT2D eigenvalue weighted by Gasteiger charge is -2.24. The molecule has 5 heteroatoms. The molecule has 25 heavy (non-hydrogen) atoms. The minimum absolute atomic E-state index is 0.413. The van der Waals surface area contributed by atoms with Crippen LogP contribution in [0, 0.1) is 0 Å². The maximum Gasteiger partial charge on any atom is 0.138 e. The maximum atomic E-state index is 6.04. The SMILES string of the molecule is c1ccc(COc2ccccc2CNC2CCc3ncnn3C2)cc1. The summed E-state index contributed by atoms with van der Waals surface area (Å²) in [6, 6.07) is 18.9. The number of ether oxygens (including phenoxy) is 1. The van der Waals surface area contributed by atoms with Crippen molar-refractivity contribution in [2.45, 2.75) is 38.6 Å².